The second-order valence-corrected chi connectivity index (χ2v) is 8.91. The second kappa shape index (κ2) is 7.70. The SMILES string of the molecule is CS(=O)(=O)c1cc(CC(Cl)C(=O)O)cc([N+](=O)[O-])c1C1CCCCC1. The number of alkyl halides is 1. The summed E-state index contributed by atoms with van der Waals surface area (Å²) in [6.45, 7) is 0. The van der Waals surface area contributed by atoms with Gasteiger partial charge >= 0.3 is 5.97 Å². The van der Waals surface area contributed by atoms with Gasteiger partial charge in [-0.05, 0) is 36.8 Å². The van der Waals surface area contributed by atoms with Crippen LogP contribution >= 0.6 is 11.6 Å². The van der Waals surface area contributed by atoms with Crippen molar-refractivity contribution < 1.29 is 23.2 Å². The Hall–Kier alpha value is -1.67. The molecule has 1 unspecified atom stereocenters. The molecule has 1 N–H and O–H groups in total. The van der Waals surface area contributed by atoms with Crippen LogP contribution in [-0.4, -0.2) is 36.0 Å². The van der Waals surface area contributed by atoms with E-state index in [2.05, 4.69) is 0 Å². The van der Waals surface area contributed by atoms with Gasteiger partial charge < -0.3 is 5.11 Å². The van der Waals surface area contributed by atoms with Crippen molar-refractivity contribution in [2.24, 2.45) is 0 Å². The number of hydrogen-bond donors (Lipinski definition) is 1. The molecule has 0 amide bonds. The quantitative estimate of drug-likeness (QED) is 0.453. The van der Waals surface area contributed by atoms with Gasteiger partial charge in [0.15, 0.2) is 9.84 Å². The number of carboxylic acids is 1. The third-order valence-corrected chi connectivity index (χ3v) is 5.95. The van der Waals surface area contributed by atoms with E-state index in [4.69, 9.17) is 16.7 Å². The minimum Gasteiger partial charge on any atom is -0.480 e. The van der Waals surface area contributed by atoms with Crippen LogP contribution in [0.2, 0.25) is 0 Å². The minimum absolute atomic E-state index is 0.0853. The van der Waals surface area contributed by atoms with E-state index >= 15 is 0 Å². The zero-order chi connectivity index (χ0) is 18.8. The molecule has 138 valence electrons. The molecular formula is C16H20ClNO6S. The molecule has 1 fully saturated rings. The zero-order valence-electron chi connectivity index (χ0n) is 13.8. The fraction of sp³-hybridized carbons (Fsp3) is 0.562. The van der Waals surface area contributed by atoms with E-state index in [0.29, 0.717) is 12.8 Å². The van der Waals surface area contributed by atoms with Gasteiger partial charge in [0.25, 0.3) is 5.69 Å². The lowest BCUT2D eigenvalue weighted by molar-refractivity contribution is -0.386. The van der Waals surface area contributed by atoms with Gasteiger partial charge in [0.05, 0.1) is 15.4 Å². The molecule has 1 aliphatic rings. The molecular weight excluding hydrogens is 370 g/mol. The van der Waals surface area contributed by atoms with Crippen molar-refractivity contribution in [2.75, 3.05) is 6.26 Å². The molecule has 0 aliphatic heterocycles. The number of benzene rings is 1. The van der Waals surface area contributed by atoms with Crippen molar-refractivity contribution in [3.8, 4) is 0 Å². The monoisotopic (exact) mass is 389 g/mol. The van der Waals surface area contributed by atoms with E-state index in [1.165, 1.54) is 12.1 Å². The van der Waals surface area contributed by atoms with Gasteiger partial charge in [-0.3, -0.25) is 14.9 Å². The van der Waals surface area contributed by atoms with Crippen LogP contribution in [0.1, 0.15) is 49.1 Å². The van der Waals surface area contributed by atoms with Crippen molar-refractivity contribution in [1.29, 1.82) is 0 Å². The Balaban J connectivity index is 2.63. The van der Waals surface area contributed by atoms with Crippen molar-refractivity contribution in [2.45, 2.75) is 54.7 Å². The Morgan fingerprint density at radius 2 is 1.96 bits per heavy atom. The summed E-state index contributed by atoms with van der Waals surface area (Å²) in [4.78, 5) is 21.8. The topological polar surface area (TPSA) is 115 Å². The maximum Gasteiger partial charge on any atom is 0.321 e. The first-order valence-corrected chi connectivity index (χ1v) is 10.3. The van der Waals surface area contributed by atoms with Gasteiger partial charge in [-0.25, -0.2) is 8.42 Å². The van der Waals surface area contributed by atoms with E-state index in [1.54, 1.807) is 0 Å². The van der Waals surface area contributed by atoms with Crippen molar-refractivity contribution in [3.63, 3.8) is 0 Å². The lowest BCUT2D eigenvalue weighted by atomic mass is 9.83. The normalized spacial score (nSPS) is 17.2. The van der Waals surface area contributed by atoms with Gasteiger partial charge in [-0.1, -0.05) is 19.3 Å². The summed E-state index contributed by atoms with van der Waals surface area (Å²) >= 11 is 5.72. The molecule has 1 aromatic carbocycles. The number of sulfone groups is 1. The molecule has 0 saturated heterocycles. The highest BCUT2D eigenvalue weighted by molar-refractivity contribution is 7.90. The third-order valence-electron chi connectivity index (χ3n) is 4.47. The maximum absolute atomic E-state index is 12.3. The Bertz CT molecular complexity index is 786. The summed E-state index contributed by atoms with van der Waals surface area (Å²) in [5.41, 5.74) is 0.213. The molecule has 2 rings (SSSR count). The molecule has 25 heavy (non-hydrogen) atoms. The summed E-state index contributed by atoms with van der Waals surface area (Å²) in [7, 11) is -3.71. The Morgan fingerprint density at radius 3 is 2.44 bits per heavy atom. The lowest BCUT2D eigenvalue weighted by Crippen LogP contribution is -2.18. The molecule has 1 aromatic rings. The number of halogens is 1. The third kappa shape index (κ3) is 4.70. The van der Waals surface area contributed by atoms with E-state index < -0.39 is 26.1 Å². The van der Waals surface area contributed by atoms with E-state index in [0.717, 1.165) is 25.5 Å². The first-order chi connectivity index (χ1) is 11.6. The number of nitro groups is 1. The molecule has 1 aliphatic carbocycles. The molecule has 0 heterocycles. The molecule has 0 bridgehead atoms. The van der Waals surface area contributed by atoms with Gasteiger partial charge in [-0.2, -0.15) is 0 Å². The highest BCUT2D eigenvalue weighted by Crippen LogP contribution is 2.41. The molecule has 7 nitrogen and oxygen atoms in total. The summed E-state index contributed by atoms with van der Waals surface area (Å²) < 4.78 is 24.5. The number of hydrogen-bond acceptors (Lipinski definition) is 5. The van der Waals surface area contributed by atoms with Crippen LogP contribution < -0.4 is 0 Å². The number of aliphatic carboxylic acids is 1. The number of nitro benzene ring substituents is 1. The fourth-order valence-corrected chi connectivity index (χ4v) is 4.55. The Kier molecular flexibility index (Phi) is 6.05. The first-order valence-electron chi connectivity index (χ1n) is 7.99. The average Bonchev–Trinajstić information content (AvgIpc) is 2.53. The van der Waals surface area contributed by atoms with E-state index in [1.807, 2.05) is 0 Å². The van der Waals surface area contributed by atoms with Crippen LogP contribution in [0.15, 0.2) is 17.0 Å². The lowest BCUT2D eigenvalue weighted by Gasteiger charge is -2.24. The van der Waals surface area contributed by atoms with Crippen LogP contribution in [-0.2, 0) is 21.1 Å². The molecule has 1 saturated carbocycles. The number of rotatable bonds is 6. The van der Waals surface area contributed by atoms with Gasteiger partial charge in [0, 0.05) is 12.3 Å². The standard InChI is InChI=1S/C16H20ClNO6S/c1-25(23,24)14-9-10(7-12(17)16(19)20)8-13(18(21)22)15(14)11-5-3-2-4-6-11/h8-9,11-12H,2-7H2,1H3,(H,19,20). The van der Waals surface area contributed by atoms with Gasteiger partial charge in [-0.15, -0.1) is 11.6 Å². The van der Waals surface area contributed by atoms with Crippen molar-refractivity contribution in [1.82, 2.24) is 0 Å². The average molecular weight is 390 g/mol. The molecule has 1 atom stereocenters. The van der Waals surface area contributed by atoms with E-state index in [9.17, 15) is 23.3 Å². The second-order valence-electron chi connectivity index (χ2n) is 6.40. The summed E-state index contributed by atoms with van der Waals surface area (Å²) in [5, 5.41) is 19.2. The fourth-order valence-electron chi connectivity index (χ4n) is 3.34. The van der Waals surface area contributed by atoms with Crippen LogP contribution in [0.4, 0.5) is 5.69 Å². The number of carbonyl (C=O) groups is 1. The summed E-state index contributed by atoms with van der Waals surface area (Å²) in [6.07, 6.45) is 5.06. The Labute approximate surface area is 151 Å². The summed E-state index contributed by atoms with van der Waals surface area (Å²) in [5.74, 6) is -1.44. The number of carboxylic acid groups (broad SMARTS) is 1. The van der Waals surface area contributed by atoms with Gasteiger partial charge in [0.1, 0.15) is 5.38 Å². The zero-order valence-corrected chi connectivity index (χ0v) is 15.3. The molecule has 9 heteroatoms. The highest BCUT2D eigenvalue weighted by Gasteiger charge is 2.32. The summed E-state index contributed by atoms with van der Waals surface area (Å²) in [6, 6.07) is 2.60. The Morgan fingerprint density at radius 1 is 1.36 bits per heavy atom. The van der Waals surface area contributed by atoms with E-state index in [-0.39, 0.29) is 34.0 Å². The largest absolute Gasteiger partial charge is 0.480 e. The van der Waals surface area contributed by atoms with Crippen molar-refractivity contribution in [3.05, 3.63) is 33.4 Å². The first kappa shape index (κ1) is 19.7. The van der Waals surface area contributed by atoms with Crippen LogP contribution in [0.5, 0.6) is 0 Å². The minimum atomic E-state index is -3.71. The maximum atomic E-state index is 12.3. The molecule has 0 radical (unpaired) electrons. The van der Waals surface area contributed by atoms with Gasteiger partial charge in [0.2, 0.25) is 0 Å². The molecule has 0 spiro atoms. The molecule has 0 aromatic heterocycles. The van der Waals surface area contributed by atoms with Crippen LogP contribution in [0.3, 0.4) is 0 Å². The van der Waals surface area contributed by atoms with Crippen LogP contribution in [0, 0.1) is 10.1 Å². The van der Waals surface area contributed by atoms with Crippen LogP contribution in [0.25, 0.3) is 0 Å². The smallest absolute Gasteiger partial charge is 0.321 e. The van der Waals surface area contributed by atoms with Crippen molar-refractivity contribution >= 4 is 33.1 Å². The predicted molar refractivity (Wildman–Crippen MR) is 93.0 cm³/mol. The predicted octanol–water partition coefficient (Wildman–Crippen LogP) is 3.28. The highest BCUT2D eigenvalue weighted by atomic mass is 35.5. The number of nitrogens with zero attached hydrogens (tertiary/aromatic N) is 1.